The lowest BCUT2D eigenvalue weighted by atomic mass is 10.3. The number of nitrogens with one attached hydrogen (secondary N) is 1. The minimum absolute atomic E-state index is 0.0706. The molecule has 1 heterocycles. The summed E-state index contributed by atoms with van der Waals surface area (Å²) in [6, 6.07) is 10.8. The molecule has 0 spiro atoms. The van der Waals surface area contributed by atoms with E-state index in [0.717, 1.165) is 10.6 Å². The molecule has 2 aromatic rings. The number of aromatic nitrogens is 2. The molecule has 0 radical (unpaired) electrons. The van der Waals surface area contributed by atoms with Crippen molar-refractivity contribution in [2.45, 2.75) is 4.90 Å². The van der Waals surface area contributed by atoms with E-state index >= 15 is 0 Å². The number of aromatic carboxylic acids is 1. The molecular formula is C12H11N3O2S. The molecule has 0 unspecified atom stereocenters. The first-order valence-electron chi connectivity index (χ1n) is 5.18. The van der Waals surface area contributed by atoms with Gasteiger partial charge in [-0.2, -0.15) is 0 Å². The first-order chi connectivity index (χ1) is 8.70. The third-order valence-corrected chi connectivity index (χ3v) is 3.05. The summed E-state index contributed by atoms with van der Waals surface area (Å²) in [5.41, 5.74) is 0.848. The molecule has 0 aliphatic heterocycles. The van der Waals surface area contributed by atoms with E-state index in [1.807, 2.05) is 30.5 Å². The van der Waals surface area contributed by atoms with Gasteiger partial charge in [-0.3, -0.25) is 0 Å². The monoisotopic (exact) mass is 261 g/mol. The summed E-state index contributed by atoms with van der Waals surface area (Å²) in [4.78, 5) is 11.7. The van der Waals surface area contributed by atoms with Crippen LogP contribution in [0, 0.1) is 0 Å². The lowest BCUT2D eigenvalue weighted by Crippen LogP contribution is -2.03. The van der Waals surface area contributed by atoms with E-state index in [1.54, 1.807) is 17.8 Å². The molecule has 0 saturated carbocycles. The second kappa shape index (κ2) is 5.50. The van der Waals surface area contributed by atoms with E-state index in [2.05, 4.69) is 15.5 Å². The van der Waals surface area contributed by atoms with Crippen molar-refractivity contribution in [3.05, 3.63) is 42.1 Å². The van der Waals surface area contributed by atoms with Gasteiger partial charge in [-0.25, -0.2) is 4.79 Å². The van der Waals surface area contributed by atoms with Gasteiger partial charge in [-0.15, -0.1) is 22.0 Å². The van der Waals surface area contributed by atoms with Crippen LogP contribution < -0.4 is 5.32 Å². The Morgan fingerprint density at radius 2 is 2.00 bits per heavy atom. The average molecular weight is 261 g/mol. The quantitative estimate of drug-likeness (QED) is 0.824. The first kappa shape index (κ1) is 12.4. The number of benzene rings is 1. The Labute approximate surface area is 108 Å². The van der Waals surface area contributed by atoms with Crippen LogP contribution in [0.4, 0.5) is 11.5 Å². The van der Waals surface area contributed by atoms with E-state index in [-0.39, 0.29) is 5.69 Å². The van der Waals surface area contributed by atoms with Gasteiger partial charge in [0.2, 0.25) is 0 Å². The van der Waals surface area contributed by atoms with E-state index in [0.29, 0.717) is 5.82 Å². The van der Waals surface area contributed by atoms with Crippen molar-refractivity contribution in [2.75, 3.05) is 11.6 Å². The Balaban J connectivity index is 2.21. The van der Waals surface area contributed by atoms with Gasteiger partial charge in [0.05, 0.1) is 5.69 Å². The fourth-order valence-corrected chi connectivity index (χ4v) is 1.95. The molecule has 1 aromatic carbocycles. The lowest BCUT2D eigenvalue weighted by Gasteiger charge is -2.08. The molecule has 1 aromatic heterocycles. The molecule has 0 amide bonds. The largest absolute Gasteiger partial charge is 0.476 e. The number of carboxylic acid groups (broad SMARTS) is 1. The summed E-state index contributed by atoms with van der Waals surface area (Å²) in [5.74, 6) is -0.569. The van der Waals surface area contributed by atoms with Crippen LogP contribution in [0.2, 0.25) is 0 Å². The van der Waals surface area contributed by atoms with Crippen molar-refractivity contribution in [3.8, 4) is 0 Å². The summed E-state index contributed by atoms with van der Waals surface area (Å²) in [7, 11) is 0. The predicted molar refractivity (Wildman–Crippen MR) is 70.5 cm³/mol. The molecule has 6 heteroatoms. The molecule has 0 atom stereocenters. The van der Waals surface area contributed by atoms with E-state index in [4.69, 9.17) is 5.11 Å². The van der Waals surface area contributed by atoms with Crippen molar-refractivity contribution >= 4 is 29.2 Å². The standard InChI is InChI=1S/C12H11N3O2S/c1-18-10-5-3-2-4-8(10)13-11-7-6-9(12(16)17)14-15-11/h2-7H,1H3,(H,13,15)(H,16,17). The molecule has 5 nitrogen and oxygen atoms in total. The third kappa shape index (κ3) is 2.78. The molecule has 18 heavy (non-hydrogen) atoms. The minimum atomic E-state index is -1.08. The van der Waals surface area contributed by atoms with Crippen LogP contribution >= 0.6 is 11.8 Å². The van der Waals surface area contributed by atoms with E-state index in [9.17, 15) is 4.79 Å². The maximum absolute atomic E-state index is 10.6. The van der Waals surface area contributed by atoms with Gasteiger partial charge in [-0.05, 0) is 30.5 Å². The zero-order valence-corrected chi connectivity index (χ0v) is 10.4. The molecule has 0 aliphatic rings. The van der Waals surface area contributed by atoms with Crippen LogP contribution in [0.3, 0.4) is 0 Å². The maximum atomic E-state index is 10.6. The number of nitrogens with zero attached hydrogens (tertiary/aromatic N) is 2. The van der Waals surface area contributed by atoms with Crippen molar-refractivity contribution in [2.24, 2.45) is 0 Å². The highest BCUT2D eigenvalue weighted by Crippen LogP contribution is 2.26. The van der Waals surface area contributed by atoms with Crippen molar-refractivity contribution < 1.29 is 9.90 Å². The fraction of sp³-hybridized carbons (Fsp3) is 0.0833. The molecule has 0 aliphatic carbocycles. The van der Waals surface area contributed by atoms with E-state index < -0.39 is 5.97 Å². The van der Waals surface area contributed by atoms with Gasteiger partial charge in [0.1, 0.15) is 0 Å². The van der Waals surface area contributed by atoms with Crippen LogP contribution in [-0.2, 0) is 0 Å². The number of anilines is 2. The summed E-state index contributed by atoms with van der Waals surface area (Å²) in [5, 5.41) is 19.3. The highest BCUT2D eigenvalue weighted by atomic mass is 32.2. The van der Waals surface area contributed by atoms with Gasteiger partial charge in [0, 0.05) is 4.90 Å². The Morgan fingerprint density at radius 1 is 1.22 bits per heavy atom. The van der Waals surface area contributed by atoms with Crippen LogP contribution in [0.25, 0.3) is 0 Å². The molecule has 2 rings (SSSR count). The molecule has 2 N–H and O–H groups in total. The Kier molecular flexibility index (Phi) is 3.78. The Bertz CT molecular complexity index is 558. The number of para-hydroxylation sites is 1. The zero-order valence-electron chi connectivity index (χ0n) is 9.62. The predicted octanol–water partition coefficient (Wildman–Crippen LogP) is 2.64. The van der Waals surface area contributed by atoms with Crippen LogP contribution in [0.1, 0.15) is 10.5 Å². The molecule has 92 valence electrons. The molecule has 0 bridgehead atoms. The second-order valence-corrected chi connectivity index (χ2v) is 4.28. The van der Waals surface area contributed by atoms with Gasteiger partial charge < -0.3 is 10.4 Å². The number of carboxylic acids is 1. The number of hydrogen-bond donors (Lipinski definition) is 2. The van der Waals surface area contributed by atoms with Crippen LogP contribution in [0.15, 0.2) is 41.3 Å². The lowest BCUT2D eigenvalue weighted by molar-refractivity contribution is 0.0689. The SMILES string of the molecule is CSc1ccccc1Nc1ccc(C(=O)O)nn1. The third-order valence-electron chi connectivity index (χ3n) is 2.25. The van der Waals surface area contributed by atoms with Crippen molar-refractivity contribution in [3.63, 3.8) is 0 Å². The van der Waals surface area contributed by atoms with Gasteiger partial charge >= 0.3 is 5.97 Å². The number of carbonyl (C=O) groups is 1. The summed E-state index contributed by atoms with van der Waals surface area (Å²) in [6.45, 7) is 0. The molecule has 0 fully saturated rings. The first-order valence-corrected chi connectivity index (χ1v) is 6.40. The van der Waals surface area contributed by atoms with Crippen LogP contribution in [-0.4, -0.2) is 27.5 Å². The number of hydrogen-bond acceptors (Lipinski definition) is 5. The number of thioether (sulfide) groups is 1. The zero-order chi connectivity index (χ0) is 13.0. The average Bonchev–Trinajstić information content (AvgIpc) is 2.40. The highest BCUT2D eigenvalue weighted by Gasteiger charge is 2.06. The van der Waals surface area contributed by atoms with Gasteiger partial charge in [-0.1, -0.05) is 12.1 Å². The topological polar surface area (TPSA) is 75.1 Å². The van der Waals surface area contributed by atoms with Crippen molar-refractivity contribution in [1.82, 2.24) is 10.2 Å². The summed E-state index contributed by atoms with van der Waals surface area (Å²) in [6.07, 6.45) is 1.99. The van der Waals surface area contributed by atoms with E-state index in [1.165, 1.54) is 6.07 Å². The summed E-state index contributed by atoms with van der Waals surface area (Å²) >= 11 is 1.62. The highest BCUT2D eigenvalue weighted by molar-refractivity contribution is 7.98. The molecule has 0 saturated heterocycles. The Hall–Kier alpha value is -2.08. The minimum Gasteiger partial charge on any atom is -0.476 e. The Morgan fingerprint density at radius 3 is 2.61 bits per heavy atom. The van der Waals surface area contributed by atoms with Crippen molar-refractivity contribution in [1.29, 1.82) is 0 Å². The maximum Gasteiger partial charge on any atom is 0.356 e. The smallest absolute Gasteiger partial charge is 0.356 e. The van der Waals surface area contributed by atoms with Gasteiger partial charge in [0.25, 0.3) is 0 Å². The van der Waals surface area contributed by atoms with Crippen LogP contribution in [0.5, 0.6) is 0 Å². The molecular weight excluding hydrogens is 250 g/mol. The number of rotatable bonds is 4. The summed E-state index contributed by atoms with van der Waals surface area (Å²) < 4.78 is 0. The fourth-order valence-electron chi connectivity index (χ4n) is 1.40. The normalized spacial score (nSPS) is 10.1. The second-order valence-electron chi connectivity index (χ2n) is 3.43. The van der Waals surface area contributed by atoms with Gasteiger partial charge in [0.15, 0.2) is 11.5 Å².